The van der Waals surface area contributed by atoms with E-state index in [-0.39, 0.29) is 10.8 Å². The summed E-state index contributed by atoms with van der Waals surface area (Å²) in [6, 6.07) is 6.35. The molecule has 1 aliphatic carbocycles. The third-order valence-electron chi connectivity index (χ3n) is 4.61. The molecule has 0 heterocycles. The first kappa shape index (κ1) is 15.7. The Hall–Kier alpha value is -0.690. The van der Waals surface area contributed by atoms with E-state index in [4.69, 9.17) is 16.3 Å². The van der Waals surface area contributed by atoms with Crippen LogP contribution in [0.25, 0.3) is 0 Å². The van der Waals surface area contributed by atoms with Gasteiger partial charge in [0.05, 0.1) is 12.5 Å². The number of halogens is 1. The first-order valence-electron chi connectivity index (χ1n) is 7.77. The van der Waals surface area contributed by atoms with Crippen molar-refractivity contribution in [3.63, 3.8) is 0 Å². The summed E-state index contributed by atoms with van der Waals surface area (Å²) in [5, 5.41) is 0.0576. The van der Waals surface area contributed by atoms with Crippen molar-refractivity contribution in [2.75, 3.05) is 7.11 Å². The van der Waals surface area contributed by atoms with Crippen LogP contribution in [0, 0.1) is 18.3 Å². The van der Waals surface area contributed by atoms with E-state index in [1.54, 1.807) is 7.11 Å². The zero-order valence-electron chi connectivity index (χ0n) is 13.2. The molecule has 0 aliphatic heterocycles. The minimum atomic E-state index is 0.0576. The van der Waals surface area contributed by atoms with Crippen LogP contribution in [-0.4, -0.2) is 7.11 Å². The lowest BCUT2D eigenvalue weighted by atomic mass is 9.73. The largest absolute Gasteiger partial charge is 0.496 e. The van der Waals surface area contributed by atoms with Gasteiger partial charge in [-0.15, -0.1) is 11.6 Å². The number of methoxy groups -OCH3 is 1. The molecule has 1 aliphatic rings. The second-order valence-corrected chi connectivity index (χ2v) is 7.21. The van der Waals surface area contributed by atoms with Gasteiger partial charge in [-0.25, -0.2) is 0 Å². The van der Waals surface area contributed by atoms with Crippen molar-refractivity contribution in [1.29, 1.82) is 0 Å². The van der Waals surface area contributed by atoms with Crippen LogP contribution in [0.4, 0.5) is 0 Å². The van der Waals surface area contributed by atoms with E-state index >= 15 is 0 Å². The van der Waals surface area contributed by atoms with Gasteiger partial charge < -0.3 is 4.74 Å². The molecule has 2 rings (SSSR count). The normalized spacial score (nSPS) is 19.3. The summed E-state index contributed by atoms with van der Waals surface area (Å²) in [5.74, 6) is 1.62. The molecule has 1 aromatic carbocycles. The molecule has 0 N–H and O–H groups in total. The van der Waals surface area contributed by atoms with Crippen LogP contribution in [0.1, 0.15) is 62.5 Å². The highest BCUT2D eigenvalue weighted by molar-refractivity contribution is 6.21. The maximum absolute atomic E-state index is 6.99. The Morgan fingerprint density at radius 2 is 1.90 bits per heavy atom. The maximum atomic E-state index is 6.99. The van der Waals surface area contributed by atoms with Gasteiger partial charge in [0.25, 0.3) is 0 Å². The van der Waals surface area contributed by atoms with Crippen LogP contribution < -0.4 is 4.74 Å². The van der Waals surface area contributed by atoms with Crippen molar-refractivity contribution in [3.05, 3.63) is 29.3 Å². The number of alkyl halides is 1. The second kappa shape index (κ2) is 6.39. The molecule has 1 nitrogen and oxygen atoms in total. The van der Waals surface area contributed by atoms with Gasteiger partial charge in [-0.2, -0.15) is 0 Å². The average molecular weight is 295 g/mol. The van der Waals surface area contributed by atoms with Gasteiger partial charge in [-0.1, -0.05) is 44.4 Å². The zero-order valence-corrected chi connectivity index (χ0v) is 14.0. The van der Waals surface area contributed by atoms with E-state index in [0.717, 1.165) is 5.75 Å². The summed E-state index contributed by atoms with van der Waals surface area (Å²) in [5.41, 5.74) is 2.68. The molecule has 1 unspecified atom stereocenters. The summed E-state index contributed by atoms with van der Waals surface area (Å²) in [4.78, 5) is 0. The Bertz CT molecular complexity index is 447. The number of hydrogen-bond donors (Lipinski definition) is 0. The fourth-order valence-electron chi connectivity index (χ4n) is 3.83. The van der Waals surface area contributed by atoms with E-state index < -0.39 is 0 Å². The molecule has 0 saturated heterocycles. The van der Waals surface area contributed by atoms with Gasteiger partial charge in [-0.05, 0) is 43.6 Å². The van der Waals surface area contributed by atoms with Crippen molar-refractivity contribution in [3.8, 4) is 5.75 Å². The highest BCUT2D eigenvalue weighted by atomic mass is 35.5. The van der Waals surface area contributed by atoms with Gasteiger partial charge in [-0.3, -0.25) is 0 Å². The number of hydrogen-bond acceptors (Lipinski definition) is 1. The molecule has 20 heavy (non-hydrogen) atoms. The minimum absolute atomic E-state index is 0.0576. The van der Waals surface area contributed by atoms with E-state index in [1.807, 2.05) is 0 Å². The molecule has 0 radical (unpaired) electrons. The van der Waals surface area contributed by atoms with Crippen molar-refractivity contribution in [1.82, 2.24) is 0 Å². The van der Waals surface area contributed by atoms with Crippen LogP contribution in [0.15, 0.2) is 18.2 Å². The molecule has 0 aromatic heterocycles. The van der Waals surface area contributed by atoms with Crippen LogP contribution in [0.2, 0.25) is 0 Å². The van der Waals surface area contributed by atoms with Crippen molar-refractivity contribution in [2.45, 2.75) is 58.3 Å². The highest BCUT2D eigenvalue weighted by Gasteiger charge is 2.42. The molecule has 1 saturated carbocycles. The third kappa shape index (κ3) is 3.14. The molecule has 0 bridgehead atoms. The molecular formula is C18H27ClO. The Morgan fingerprint density at radius 3 is 2.45 bits per heavy atom. The van der Waals surface area contributed by atoms with E-state index in [9.17, 15) is 0 Å². The van der Waals surface area contributed by atoms with Crippen molar-refractivity contribution in [2.24, 2.45) is 11.3 Å². The maximum Gasteiger partial charge on any atom is 0.123 e. The van der Waals surface area contributed by atoms with Crippen LogP contribution >= 0.6 is 11.6 Å². The average Bonchev–Trinajstić information content (AvgIpc) is 2.86. The first-order chi connectivity index (χ1) is 9.48. The Labute approximate surface area is 128 Å². The topological polar surface area (TPSA) is 9.23 Å². The summed E-state index contributed by atoms with van der Waals surface area (Å²) in [7, 11) is 1.74. The number of aryl methyl sites for hydroxylation is 1. The molecule has 1 fully saturated rings. The Morgan fingerprint density at radius 1 is 1.25 bits per heavy atom. The predicted octanol–water partition coefficient (Wildman–Crippen LogP) is 5.89. The molecule has 1 atom stereocenters. The summed E-state index contributed by atoms with van der Waals surface area (Å²) in [6.45, 7) is 6.73. The molecule has 112 valence electrons. The lowest BCUT2D eigenvalue weighted by molar-refractivity contribution is 0.220. The summed E-state index contributed by atoms with van der Waals surface area (Å²) >= 11 is 6.99. The number of benzene rings is 1. The van der Waals surface area contributed by atoms with Crippen LogP contribution in [0.5, 0.6) is 5.75 Å². The van der Waals surface area contributed by atoms with Gasteiger partial charge in [0.2, 0.25) is 0 Å². The fourth-order valence-corrected chi connectivity index (χ4v) is 4.31. The van der Waals surface area contributed by atoms with Crippen molar-refractivity contribution >= 4 is 11.6 Å². The Kier molecular flexibility index (Phi) is 5.01. The molecule has 1 aromatic rings. The smallest absolute Gasteiger partial charge is 0.123 e. The fraction of sp³-hybridized carbons (Fsp3) is 0.667. The van der Waals surface area contributed by atoms with Gasteiger partial charge in [0.15, 0.2) is 0 Å². The molecular weight excluding hydrogens is 268 g/mol. The SMILES string of the molecule is COc1ccc(C)cc1C(Cl)C1(CC(C)C)CCCC1. The zero-order chi connectivity index (χ0) is 14.8. The summed E-state index contributed by atoms with van der Waals surface area (Å²) < 4.78 is 5.55. The third-order valence-corrected chi connectivity index (χ3v) is 5.31. The lowest BCUT2D eigenvalue weighted by Crippen LogP contribution is -2.25. The van der Waals surface area contributed by atoms with Gasteiger partial charge in [0, 0.05) is 5.56 Å². The van der Waals surface area contributed by atoms with E-state index in [2.05, 4.69) is 39.0 Å². The molecule has 0 spiro atoms. The predicted molar refractivity (Wildman–Crippen MR) is 86.7 cm³/mol. The number of ether oxygens (including phenoxy) is 1. The van der Waals surface area contributed by atoms with Crippen molar-refractivity contribution < 1.29 is 4.74 Å². The van der Waals surface area contributed by atoms with Gasteiger partial charge >= 0.3 is 0 Å². The van der Waals surface area contributed by atoms with E-state index in [1.165, 1.54) is 43.2 Å². The standard InChI is InChI=1S/C18H27ClO/c1-13(2)12-18(9-5-6-10-18)17(19)15-11-14(3)7-8-16(15)20-4/h7-8,11,13,17H,5-6,9-10,12H2,1-4H3. The number of rotatable bonds is 5. The molecule has 0 amide bonds. The first-order valence-corrected chi connectivity index (χ1v) is 8.21. The van der Waals surface area contributed by atoms with E-state index in [0.29, 0.717) is 5.92 Å². The minimum Gasteiger partial charge on any atom is -0.496 e. The summed E-state index contributed by atoms with van der Waals surface area (Å²) in [6.07, 6.45) is 6.32. The lowest BCUT2D eigenvalue weighted by Gasteiger charge is -2.36. The quantitative estimate of drug-likeness (QED) is 0.615. The van der Waals surface area contributed by atoms with Crippen LogP contribution in [0.3, 0.4) is 0 Å². The second-order valence-electron chi connectivity index (χ2n) is 6.78. The highest BCUT2D eigenvalue weighted by Crippen LogP contribution is 2.56. The molecule has 2 heteroatoms. The Balaban J connectivity index is 2.36. The van der Waals surface area contributed by atoms with Crippen LogP contribution in [-0.2, 0) is 0 Å². The monoisotopic (exact) mass is 294 g/mol. The van der Waals surface area contributed by atoms with Gasteiger partial charge in [0.1, 0.15) is 5.75 Å².